The smallest absolute Gasteiger partial charge is 0.254 e. The van der Waals surface area contributed by atoms with Crippen molar-refractivity contribution >= 4 is 33.4 Å². The highest BCUT2D eigenvalue weighted by Gasteiger charge is 2.66. The van der Waals surface area contributed by atoms with Crippen LogP contribution >= 0.6 is 27.5 Å². The van der Waals surface area contributed by atoms with Crippen LogP contribution in [-0.2, 0) is 6.54 Å². The van der Waals surface area contributed by atoms with Gasteiger partial charge in [0.15, 0.2) is 0 Å². The number of carbonyl (C=O) groups is 1. The molecule has 0 radical (unpaired) electrons. The van der Waals surface area contributed by atoms with Gasteiger partial charge in [0.1, 0.15) is 17.9 Å². The van der Waals surface area contributed by atoms with Crippen molar-refractivity contribution in [2.75, 3.05) is 0 Å². The lowest BCUT2D eigenvalue weighted by atomic mass is 9.49. The average molecular weight is 474 g/mol. The number of nitriles is 1. The predicted octanol–water partition coefficient (Wildman–Crippen LogP) is 5.81. The topological polar surface area (TPSA) is 53.3 Å². The third-order valence-corrected chi connectivity index (χ3v) is 7.09. The number of hydrogen-bond acceptors (Lipinski definition) is 3. The quantitative estimate of drug-likeness (QED) is 0.565. The molecule has 1 aliphatic heterocycles. The summed E-state index contributed by atoms with van der Waals surface area (Å²) in [7, 11) is 0. The lowest BCUT2D eigenvalue weighted by molar-refractivity contribution is -0.199. The first kappa shape index (κ1) is 20.3. The van der Waals surface area contributed by atoms with Crippen molar-refractivity contribution < 1.29 is 9.53 Å². The number of fused-ring (bicyclic) bond motifs is 1. The molecule has 4 nitrogen and oxygen atoms in total. The third kappa shape index (κ3) is 3.05. The summed E-state index contributed by atoms with van der Waals surface area (Å²) in [5, 5.41) is 9.45. The van der Waals surface area contributed by atoms with Crippen molar-refractivity contribution in [1.29, 1.82) is 5.26 Å². The lowest BCUT2D eigenvalue weighted by Crippen LogP contribution is -2.74. The molecule has 1 amide bonds. The van der Waals surface area contributed by atoms with E-state index in [4.69, 9.17) is 21.6 Å². The second kappa shape index (κ2) is 6.75. The molecule has 1 aliphatic carbocycles. The van der Waals surface area contributed by atoms with Crippen molar-refractivity contribution in [3.05, 3.63) is 62.6 Å². The molecule has 2 aromatic rings. The molecule has 0 saturated heterocycles. The Labute approximate surface area is 184 Å². The Hall–Kier alpha value is -2.03. The van der Waals surface area contributed by atoms with Gasteiger partial charge in [-0.05, 0) is 35.9 Å². The van der Waals surface area contributed by atoms with Crippen LogP contribution in [0.3, 0.4) is 0 Å². The highest BCUT2D eigenvalue weighted by molar-refractivity contribution is 9.10. The van der Waals surface area contributed by atoms with E-state index in [-0.39, 0.29) is 28.9 Å². The van der Waals surface area contributed by atoms with E-state index in [1.54, 1.807) is 18.2 Å². The third-order valence-electron chi connectivity index (χ3n) is 6.29. The Morgan fingerprint density at radius 3 is 2.48 bits per heavy atom. The van der Waals surface area contributed by atoms with Gasteiger partial charge >= 0.3 is 0 Å². The molecule has 1 heterocycles. The first-order valence-electron chi connectivity index (χ1n) is 9.53. The number of halogens is 2. The molecular formula is C23H22BrClN2O2. The fraction of sp³-hybridized carbons (Fsp3) is 0.391. The van der Waals surface area contributed by atoms with Crippen LogP contribution in [0.15, 0.2) is 40.9 Å². The van der Waals surface area contributed by atoms with Crippen LogP contribution in [0.25, 0.3) is 0 Å². The molecule has 0 atom stereocenters. The van der Waals surface area contributed by atoms with Crippen LogP contribution in [0.1, 0.15) is 49.2 Å². The Balaban J connectivity index is 1.60. The molecule has 0 spiro atoms. The average Bonchev–Trinajstić information content (AvgIpc) is 2.94. The molecule has 0 bridgehead atoms. The zero-order valence-corrected chi connectivity index (χ0v) is 19.1. The van der Waals surface area contributed by atoms with Crippen molar-refractivity contribution in [2.24, 2.45) is 10.8 Å². The molecular weight excluding hydrogens is 452 g/mol. The van der Waals surface area contributed by atoms with E-state index in [0.29, 0.717) is 22.9 Å². The van der Waals surface area contributed by atoms with Crippen LogP contribution in [0.4, 0.5) is 0 Å². The standard InChI is InChI=1S/C23H22BrClN2O2/c1-22(2)20(27-12-14-9-15(24)6-8-17(14)19(27)28)23(3,4)21(22)29-16-7-5-13(11-26)18(25)10-16/h5-10,20-21H,12H2,1-4H3. The van der Waals surface area contributed by atoms with Gasteiger partial charge in [0, 0.05) is 39.5 Å². The Morgan fingerprint density at radius 2 is 1.86 bits per heavy atom. The summed E-state index contributed by atoms with van der Waals surface area (Å²) in [5.41, 5.74) is 1.76. The maximum Gasteiger partial charge on any atom is 0.254 e. The first-order chi connectivity index (χ1) is 13.6. The van der Waals surface area contributed by atoms with Crippen molar-refractivity contribution in [3.8, 4) is 11.8 Å². The van der Waals surface area contributed by atoms with E-state index in [1.165, 1.54) is 0 Å². The summed E-state index contributed by atoms with van der Waals surface area (Å²) in [5.74, 6) is 0.720. The summed E-state index contributed by atoms with van der Waals surface area (Å²) in [6, 6.07) is 13.1. The van der Waals surface area contributed by atoms with Crippen LogP contribution in [-0.4, -0.2) is 23.0 Å². The monoisotopic (exact) mass is 472 g/mol. The van der Waals surface area contributed by atoms with Gasteiger partial charge < -0.3 is 9.64 Å². The number of benzene rings is 2. The maximum atomic E-state index is 13.1. The summed E-state index contributed by atoms with van der Waals surface area (Å²) in [4.78, 5) is 15.1. The van der Waals surface area contributed by atoms with E-state index >= 15 is 0 Å². The molecule has 2 aromatic carbocycles. The summed E-state index contributed by atoms with van der Waals surface area (Å²) < 4.78 is 7.33. The van der Waals surface area contributed by atoms with Crippen LogP contribution in [0.5, 0.6) is 5.75 Å². The second-order valence-corrected chi connectivity index (χ2v) is 10.4. The minimum absolute atomic E-state index is 0.0347. The highest BCUT2D eigenvalue weighted by Crippen LogP contribution is 2.59. The van der Waals surface area contributed by atoms with E-state index in [1.807, 2.05) is 23.1 Å². The molecule has 1 fully saturated rings. The van der Waals surface area contributed by atoms with Crippen LogP contribution in [0, 0.1) is 22.2 Å². The van der Waals surface area contributed by atoms with Crippen LogP contribution < -0.4 is 4.74 Å². The zero-order chi connectivity index (χ0) is 21.1. The van der Waals surface area contributed by atoms with Gasteiger partial charge in [-0.25, -0.2) is 0 Å². The Bertz CT molecular complexity index is 1040. The van der Waals surface area contributed by atoms with Crippen molar-refractivity contribution in [3.63, 3.8) is 0 Å². The van der Waals surface area contributed by atoms with E-state index in [9.17, 15) is 4.79 Å². The maximum absolute atomic E-state index is 13.1. The minimum atomic E-state index is -0.251. The molecule has 29 heavy (non-hydrogen) atoms. The fourth-order valence-corrected chi connectivity index (χ4v) is 6.15. The van der Waals surface area contributed by atoms with Crippen molar-refractivity contribution in [1.82, 2.24) is 4.90 Å². The second-order valence-electron chi connectivity index (χ2n) is 9.03. The fourth-order valence-electron chi connectivity index (χ4n) is 5.53. The van der Waals surface area contributed by atoms with E-state index in [0.717, 1.165) is 15.6 Å². The number of amides is 1. The number of rotatable bonds is 3. The summed E-state index contributed by atoms with van der Waals surface area (Å²) >= 11 is 9.67. The highest BCUT2D eigenvalue weighted by atomic mass is 79.9. The summed E-state index contributed by atoms with van der Waals surface area (Å²) in [6.45, 7) is 9.19. The number of ether oxygens (including phenoxy) is 1. The SMILES string of the molecule is CC1(C)C(Oc2ccc(C#N)c(Cl)c2)C(C)(C)C1N1Cc2cc(Br)ccc2C1=O. The number of hydrogen-bond donors (Lipinski definition) is 0. The molecule has 6 heteroatoms. The normalized spacial score (nSPS) is 23.9. The molecule has 0 aromatic heterocycles. The number of nitrogens with zero attached hydrogens (tertiary/aromatic N) is 2. The van der Waals surface area contributed by atoms with E-state index < -0.39 is 0 Å². The molecule has 4 rings (SSSR count). The molecule has 1 saturated carbocycles. The van der Waals surface area contributed by atoms with E-state index in [2.05, 4.69) is 49.7 Å². The van der Waals surface area contributed by atoms with Crippen LogP contribution in [0.2, 0.25) is 5.02 Å². The van der Waals surface area contributed by atoms with Gasteiger partial charge in [-0.2, -0.15) is 5.26 Å². The van der Waals surface area contributed by atoms with Crippen molar-refractivity contribution in [2.45, 2.75) is 46.4 Å². The minimum Gasteiger partial charge on any atom is -0.489 e. The van der Waals surface area contributed by atoms with Gasteiger partial charge in [-0.15, -0.1) is 0 Å². The van der Waals surface area contributed by atoms with Gasteiger partial charge in [0.2, 0.25) is 0 Å². The number of carbonyl (C=O) groups excluding carboxylic acids is 1. The molecule has 0 N–H and O–H groups in total. The lowest BCUT2D eigenvalue weighted by Gasteiger charge is -2.65. The predicted molar refractivity (Wildman–Crippen MR) is 116 cm³/mol. The van der Waals surface area contributed by atoms with Gasteiger partial charge in [0.25, 0.3) is 5.91 Å². The Kier molecular flexibility index (Phi) is 4.72. The van der Waals surface area contributed by atoms with Gasteiger partial charge in [0.05, 0.1) is 10.6 Å². The summed E-state index contributed by atoms with van der Waals surface area (Å²) in [6.07, 6.45) is -0.104. The molecule has 150 valence electrons. The first-order valence-corrected chi connectivity index (χ1v) is 10.7. The molecule has 0 unspecified atom stereocenters. The molecule has 2 aliphatic rings. The Morgan fingerprint density at radius 1 is 1.17 bits per heavy atom. The zero-order valence-electron chi connectivity index (χ0n) is 16.8. The van der Waals surface area contributed by atoms with Gasteiger partial charge in [-0.3, -0.25) is 4.79 Å². The largest absolute Gasteiger partial charge is 0.489 e. The van der Waals surface area contributed by atoms with Gasteiger partial charge in [-0.1, -0.05) is 55.2 Å².